The SMILES string of the molecule is O=C(Cn1c(/C=C/c2ccccc2)nc2ccccc21)NC1CCCC1. The Morgan fingerprint density at radius 2 is 1.77 bits per heavy atom. The summed E-state index contributed by atoms with van der Waals surface area (Å²) in [7, 11) is 0. The zero-order chi connectivity index (χ0) is 17.8. The molecule has 0 bridgehead atoms. The second kappa shape index (κ2) is 7.56. The van der Waals surface area contributed by atoms with Gasteiger partial charge < -0.3 is 9.88 Å². The number of para-hydroxylation sites is 2. The van der Waals surface area contributed by atoms with E-state index in [-0.39, 0.29) is 5.91 Å². The first-order valence-corrected chi connectivity index (χ1v) is 9.27. The smallest absolute Gasteiger partial charge is 0.240 e. The molecule has 0 atom stereocenters. The zero-order valence-electron chi connectivity index (χ0n) is 14.8. The van der Waals surface area contributed by atoms with Crippen LogP contribution >= 0.6 is 0 Å². The van der Waals surface area contributed by atoms with Gasteiger partial charge in [-0.15, -0.1) is 0 Å². The van der Waals surface area contributed by atoms with Crippen LogP contribution in [0.1, 0.15) is 37.1 Å². The van der Waals surface area contributed by atoms with Gasteiger partial charge in [-0.25, -0.2) is 4.98 Å². The van der Waals surface area contributed by atoms with Gasteiger partial charge in [-0.2, -0.15) is 0 Å². The van der Waals surface area contributed by atoms with Crippen LogP contribution in [0.4, 0.5) is 0 Å². The van der Waals surface area contributed by atoms with E-state index < -0.39 is 0 Å². The van der Waals surface area contributed by atoms with Crippen LogP contribution in [-0.4, -0.2) is 21.5 Å². The molecule has 4 heteroatoms. The van der Waals surface area contributed by atoms with Crippen molar-refractivity contribution in [1.29, 1.82) is 0 Å². The number of benzene rings is 2. The normalized spacial score (nSPS) is 15.1. The lowest BCUT2D eigenvalue weighted by atomic mass is 10.2. The number of hydrogen-bond acceptors (Lipinski definition) is 2. The van der Waals surface area contributed by atoms with E-state index in [9.17, 15) is 4.79 Å². The molecular weight excluding hydrogens is 322 g/mol. The zero-order valence-corrected chi connectivity index (χ0v) is 14.8. The van der Waals surface area contributed by atoms with Crippen molar-refractivity contribution in [2.75, 3.05) is 0 Å². The molecule has 4 nitrogen and oxygen atoms in total. The lowest BCUT2D eigenvalue weighted by molar-refractivity contribution is -0.122. The Labute approximate surface area is 153 Å². The molecule has 132 valence electrons. The van der Waals surface area contributed by atoms with E-state index in [4.69, 9.17) is 4.98 Å². The highest BCUT2D eigenvalue weighted by molar-refractivity contribution is 5.83. The largest absolute Gasteiger partial charge is 0.352 e. The average Bonchev–Trinajstić information content (AvgIpc) is 3.29. The van der Waals surface area contributed by atoms with E-state index in [2.05, 4.69) is 17.4 Å². The van der Waals surface area contributed by atoms with Crippen molar-refractivity contribution in [1.82, 2.24) is 14.9 Å². The molecular formula is C22H23N3O. The van der Waals surface area contributed by atoms with Gasteiger partial charge in [-0.1, -0.05) is 61.4 Å². The topological polar surface area (TPSA) is 46.9 Å². The molecule has 26 heavy (non-hydrogen) atoms. The molecule has 1 heterocycles. The van der Waals surface area contributed by atoms with Crippen molar-refractivity contribution in [2.24, 2.45) is 0 Å². The maximum absolute atomic E-state index is 12.6. The van der Waals surface area contributed by atoms with Crippen LogP contribution in [0.2, 0.25) is 0 Å². The van der Waals surface area contributed by atoms with E-state index in [1.807, 2.05) is 59.2 Å². The van der Waals surface area contributed by atoms with Crippen molar-refractivity contribution in [3.8, 4) is 0 Å². The standard InChI is InChI=1S/C22H23N3O/c26-22(23-18-10-4-5-11-18)16-25-20-13-7-6-12-19(20)24-21(25)15-14-17-8-2-1-3-9-17/h1-3,6-9,12-15,18H,4-5,10-11,16H2,(H,23,26)/b15-14+. The van der Waals surface area contributed by atoms with Crippen molar-refractivity contribution >= 4 is 29.1 Å². The number of imidazole rings is 1. The summed E-state index contributed by atoms with van der Waals surface area (Å²) in [5.41, 5.74) is 3.01. The maximum Gasteiger partial charge on any atom is 0.240 e. The lowest BCUT2D eigenvalue weighted by Gasteiger charge is -2.13. The van der Waals surface area contributed by atoms with Crippen LogP contribution in [0.5, 0.6) is 0 Å². The van der Waals surface area contributed by atoms with Gasteiger partial charge in [-0.3, -0.25) is 4.79 Å². The minimum absolute atomic E-state index is 0.0643. The monoisotopic (exact) mass is 345 g/mol. The maximum atomic E-state index is 12.6. The molecule has 0 saturated heterocycles. The Hall–Kier alpha value is -2.88. The summed E-state index contributed by atoms with van der Waals surface area (Å²) in [6.07, 6.45) is 8.63. The molecule has 1 saturated carbocycles. The molecule has 1 aliphatic rings. The Bertz CT molecular complexity index is 921. The Kier molecular flexibility index (Phi) is 4.82. The third-order valence-corrected chi connectivity index (χ3v) is 4.93. The van der Waals surface area contributed by atoms with E-state index in [0.717, 1.165) is 35.3 Å². The number of rotatable bonds is 5. The third-order valence-electron chi connectivity index (χ3n) is 4.93. The summed E-state index contributed by atoms with van der Waals surface area (Å²) in [5, 5.41) is 3.17. The molecule has 1 aliphatic carbocycles. The number of amides is 1. The van der Waals surface area contributed by atoms with Gasteiger partial charge in [0.15, 0.2) is 0 Å². The molecule has 2 aromatic carbocycles. The predicted octanol–water partition coefficient (Wildman–Crippen LogP) is 4.27. The molecule has 3 aromatic rings. The minimum Gasteiger partial charge on any atom is -0.352 e. The van der Waals surface area contributed by atoms with Gasteiger partial charge in [0.1, 0.15) is 12.4 Å². The second-order valence-corrected chi connectivity index (χ2v) is 6.84. The van der Waals surface area contributed by atoms with Crippen molar-refractivity contribution < 1.29 is 4.79 Å². The summed E-state index contributed by atoms with van der Waals surface area (Å²) < 4.78 is 2.00. The summed E-state index contributed by atoms with van der Waals surface area (Å²) in [4.78, 5) is 17.3. The van der Waals surface area contributed by atoms with Crippen LogP contribution in [0.15, 0.2) is 54.6 Å². The average molecular weight is 345 g/mol. The highest BCUT2D eigenvalue weighted by Crippen LogP contribution is 2.20. The van der Waals surface area contributed by atoms with Crippen LogP contribution in [0.3, 0.4) is 0 Å². The van der Waals surface area contributed by atoms with Crippen LogP contribution < -0.4 is 5.32 Å². The van der Waals surface area contributed by atoms with Gasteiger partial charge >= 0.3 is 0 Å². The van der Waals surface area contributed by atoms with E-state index in [1.54, 1.807) is 0 Å². The van der Waals surface area contributed by atoms with Gasteiger partial charge in [0.25, 0.3) is 0 Å². The highest BCUT2D eigenvalue weighted by atomic mass is 16.2. The number of hydrogen-bond donors (Lipinski definition) is 1. The fourth-order valence-electron chi connectivity index (χ4n) is 3.61. The fourth-order valence-corrected chi connectivity index (χ4v) is 3.61. The van der Waals surface area contributed by atoms with Crippen molar-refractivity contribution in [3.63, 3.8) is 0 Å². The molecule has 4 rings (SSSR count). The van der Waals surface area contributed by atoms with Crippen LogP contribution in [0.25, 0.3) is 23.2 Å². The van der Waals surface area contributed by atoms with Crippen LogP contribution in [0, 0.1) is 0 Å². The first-order chi connectivity index (χ1) is 12.8. The molecule has 0 unspecified atom stereocenters. The molecule has 1 N–H and O–H groups in total. The number of nitrogens with zero attached hydrogens (tertiary/aromatic N) is 2. The number of carbonyl (C=O) groups is 1. The van der Waals surface area contributed by atoms with E-state index >= 15 is 0 Å². The molecule has 1 aromatic heterocycles. The minimum atomic E-state index is 0.0643. The summed E-state index contributed by atoms with van der Waals surface area (Å²) >= 11 is 0. The van der Waals surface area contributed by atoms with Crippen molar-refractivity contribution in [2.45, 2.75) is 38.3 Å². The van der Waals surface area contributed by atoms with E-state index in [0.29, 0.717) is 12.6 Å². The highest BCUT2D eigenvalue weighted by Gasteiger charge is 2.18. The molecule has 0 radical (unpaired) electrons. The summed E-state index contributed by atoms with van der Waals surface area (Å²) in [5.74, 6) is 0.867. The first-order valence-electron chi connectivity index (χ1n) is 9.27. The van der Waals surface area contributed by atoms with Gasteiger partial charge in [0, 0.05) is 6.04 Å². The van der Waals surface area contributed by atoms with E-state index in [1.165, 1.54) is 12.8 Å². The number of carbonyl (C=O) groups excluding carboxylic acids is 1. The molecule has 0 aliphatic heterocycles. The fraction of sp³-hybridized carbons (Fsp3) is 0.273. The van der Waals surface area contributed by atoms with Gasteiger partial charge in [-0.05, 0) is 36.6 Å². The quantitative estimate of drug-likeness (QED) is 0.751. The Morgan fingerprint density at radius 1 is 1.04 bits per heavy atom. The first kappa shape index (κ1) is 16.6. The van der Waals surface area contributed by atoms with Gasteiger partial charge in [0.2, 0.25) is 5.91 Å². The number of aromatic nitrogens is 2. The summed E-state index contributed by atoms with van der Waals surface area (Å²) in [6.45, 7) is 0.297. The predicted molar refractivity (Wildman–Crippen MR) is 106 cm³/mol. The Morgan fingerprint density at radius 3 is 2.58 bits per heavy atom. The molecule has 1 amide bonds. The molecule has 1 fully saturated rings. The Balaban J connectivity index is 1.61. The third kappa shape index (κ3) is 3.69. The van der Waals surface area contributed by atoms with Crippen molar-refractivity contribution in [3.05, 3.63) is 66.0 Å². The molecule has 0 spiro atoms. The number of nitrogens with one attached hydrogen (secondary N) is 1. The number of fused-ring (bicyclic) bond motifs is 1. The lowest BCUT2D eigenvalue weighted by Crippen LogP contribution is -2.35. The van der Waals surface area contributed by atoms with Gasteiger partial charge in [0.05, 0.1) is 11.0 Å². The van der Waals surface area contributed by atoms with Crippen LogP contribution in [-0.2, 0) is 11.3 Å². The summed E-state index contributed by atoms with van der Waals surface area (Å²) in [6, 6.07) is 18.4. The second-order valence-electron chi connectivity index (χ2n) is 6.84.